The maximum atomic E-state index is 12.2. The number of halogens is 3. The molecule has 2 rings (SSSR count). The van der Waals surface area contributed by atoms with Crippen LogP contribution in [0.5, 0.6) is 0 Å². The summed E-state index contributed by atoms with van der Waals surface area (Å²) in [5, 5.41) is 3.95. The highest BCUT2D eigenvalue weighted by atomic mass is 35.5. The van der Waals surface area contributed by atoms with E-state index in [1.807, 2.05) is 0 Å². The molecule has 0 saturated heterocycles. The van der Waals surface area contributed by atoms with Gasteiger partial charge in [0.05, 0.1) is 11.6 Å². The zero-order valence-electron chi connectivity index (χ0n) is 13.4. The number of carbonyl (C=O) groups is 2. The summed E-state index contributed by atoms with van der Waals surface area (Å²) in [5.74, 6) is -1.11. The van der Waals surface area contributed by atoms with E-state index in [9.17, 15) is 9.59 Å². The lowest BCUT2D eigenvalue weighted by Crippen LogP contribution is -2.37. The van der Waals surface area contributed by atoms with Crippen molar-refractivity contribution < 1.29 is 14.3 Å². The Bertz CT molecular complexity index is 781. The number of ether oxygens (including phenoxy) is 1. The van der Waals surface area contributed by atoms with Crippen molar-refractivity contribution in [3.63, 3.8) is 0 Å². The lowest BCUT2D eigenvalue weighted by atomic mass is 10.1. The van der Waals surface area contributed by atoms with Gasteiger partial charge in [-0.15, -0.1) is 0 Å². The van der Waals surface area contributed by atoms with Gasteiger partial charge in [0.15, 0.2) is 6.10 Å². The van der Waals surface area contributed by atoms with Crippen molar-refractivity contribution in [2.45, 2.75) is 26.0 Å². The summed E-state index contributed by atoms with van der Waals surface area (Å²) in [5.41, 5.74) is 0.915. The van der Waals surface area contributed by atoms with Gasteiger partial charge >= 0.3 is 5.97 Å². The summed E-state index contributed by atoms with van der Waals surface area (Å²) in [6, 6.07) is 7.56. The zero-order valence-corrected chi connectivity index (χ0v) is 15.7. The second kappa shape index (κ2) is 8.52. The molecule has 0 aliphatic rings. The van der Waals surface area contributed by atoms with Gasteiger partial charge in [-0.3, -0.25) is 4.79 Å². The molecular formula is C17H15Cl3N2O3. The van der Waals surface area contributed by atoms with Gasteiger partial charge in [0.2, 0.25) is 0 Å². The van der Waals surface area contributed by atoms with Crippen LogP contribution >= 0.6 is 34.8 Å². The molecule has 2 atom stereocenters. The van der Waals surface area contributed by atoms with Gasteiger partial charge in [-0.05, 0) is 43.7 Å². The Morgan fingerprint density at radius 2 is 1.84 bits per heavy atom. The highest BCUT2D eigenvalue weighted by Crippen LogP contribution is 2.26. The molecule has 0 radical (unpaired) electrons. The second-order valence-electron chi connectivity index (χ2n) is 5.31. The molecule has 0 bridgehead atoms. The normalized spacial score (nSPS) is 13.0. The van der Waals surface area contributed by atoms with Gasteiger partial charge < -0.3 is 10.1 Å². The van der Waals surface area contributed by atoms with Crippen molar-refractivity contribution in [1.82, 2.24) is 10.3 Å². The van der Waals surface area contributed by atoms with Crippen LogP contribution in [0.3, 0.4) is 0 Å². The van der Waals surface area contributed by atoms with E-state index < -0.39 is 18.0 Å². The van der Waals surface area contributed by atoms with Crippen molar-refractivity contribution in [1.29, 1.82) is 0 Å². The predicted octanol–water partition coefficient (Wildman–Crippen LogP) is 4.46. The van der Waals surface area contributed by atoms with Crippen molar-refractivity contribution in [2.24, 2.45) is 0 Å². The van der Waals surface area contributed by atoms with E-state index in [0.717, 1.165) is 0 Å². The largest absolute Gasteiger partial charge is 0.449 e. The summed E-state index contributed by atoms with van der Waals surface area (Å²) >= 11 is 17.7. The second-order valence-corrected chi connectivity index (χ2v) is 6.54. The van der Waals surface area contributed by atoms with Gasteiger partial charge in [-0.2, -0.15) is 0 Å². The lowest BCUT2D eigenvalue weighted by molar-refractivity contribution is -0.129. The fraction of sp³-hybridized carbons (Fsp3) is 0.235. The van der Waals surface area contributed by atoms with Gasteiger partial charge in [-0.1, -0.05) is 40.9 Å². The van der Waals surface area contributed by atoms with Crippen molar-refractivity contribution >= 4 is 46.7 Å². The maximum Gasteiger partial charge on any atom is 0.340 e. The number of carbonyl (C=O) groups excluding carboxylic acids is 2. The number of nitrogens with one attached hydrogen (secondary N) is 1. The molecule has 25 heavy (non-hydrogen) atoms. The average Bonchev–Trinajstić information content (AvgIpc) is 2.55. The first-order valence-electron chi connectivity index (χ1n) is 7.35. The average molecular weight is 402 g/mol. The quantitative estimate of drug-likeness (QED) is 0.593. The van der Waals surface area contributed by atoms with Crippen LogP contribution in [0.15, 0.2) is 36.5 Å². The number of benzene rings is 1. The molecule has 1 aromatic heterocycles. The van der Waals surface area contributed by atoms with Crippen LogP contribution in [0, 0.1) is 0 Å². The first-order chi connectivity index (χ1) is 11.8. The molecule has 0 spiro atoms. The Kier molecular flexibility index (Phi) is 6.64. The Morgan fingerprint density at radius 1 is 1.12 bits per heavy atom. The number of hydrogen-bond acceptors (Lipinski definition) is 4. The molecule has 0 saturated carbocycles. The molecule has 132 valence electrons. The topological polar surface area (TPSA) is 68.3 Å². The first kappa shape index (κ1) is 19.5. The molecule has 1 heterocycles. The van der Waals surface area contributed by atoms with Crippen molar-refractivity contribution in [3.8, 4) is 0 Å². The van der Waals surface area contributed by atoms with Crippen LogP contribution in [-0.4, -0.2) is 23.0 Å². The van der Waals surface area contributed by atoms with E-state index in [1.54, 1.807) is 25.1 Å². The number of pyridine rings is 1. The molecular weight excluding hydrogens is 387 g/mol. The number of nitrogens with zero attached hydrogens (tertiary/aromatic N) is 1. The number of rotatable bonds is 5. The van der Waals surface area contributed by atoms with Crippen LogP contribution in [0.2, 0.25) is 15.2 Å². The molecule has 1 N–H and O–H groups in total. The van der Waals surface area contributed by atoms with Gasteiger partial charge in [-0.25, -0.2) is 9.78 Å². The zero-order chi connectivity index (χ0) is 18.6. The molecule has 5 nitrogen and oxygen atoms in total. The fourth-order valence-electron chi connectivity index (χ4n) is 2.04. The molecule has 1 aromatic carbocycles. The Labute approximate surface area is 160 Å². The SMILES string of the molecule is C[C@H](OC(=O)c1ccc(Cl)nc1)C(=O)N[C@H](C)c1ccc(Cl)cc1Cl. The van der Waals surface area contributed by atoms with E-state index >= 15 is 0 Å². The molecule has 0 aliphatic carbocycles. The van der Waals surface area contributed by atoms with Crippen molar-refractivity contribution in [2.75, 3.05) is 0 Å². The van der Waals surface area contributed by atoms with Crippen molar-refractivity contribution in [3.05, 3.63) is 62.9 Å². The predicted molar refractivity (Wildman–Crippen MR) is 97.1 cm³/mol. The van der Waals surface area contributed by atoms with E-state index in [1.165, 1.54) is 25.3 Å². The van der Waals surface area contributed by atoms with E-state index in [4.69, 9.17) is 39.5 Å². The molecule has 8 heteroatoms. The van der Waals surface area contributed by atoms with Crippen LogP contribution in [0.25, 0.3) is 0 Å². The van der Waals surface area contributed by atoms with Gasteiger partial charge in [0, 0.05) is 16.2 Å². The smallest absolute Gasteiger partial charge is 0.340 e. The molecule has 2 aromatic rings. The number of aromatic nitrogens is 1. The Hall–Kier alpha value is -1.82. The summed E-state index contributed by atoms with van der Waals surface area (Å²) in [6.07, 6.45) is 0.294. The van der Waals surface area contributed by atoms with Gasteiger partial charge in [0.25, 0.3) is 5.91 Å². The Morgan fingerprint density at radius 3 is 2.44 bits per heavy atom. The summed E-state index contributed by atoms with van der Waals surface area (Å²) in [7, 11) is 0. The minimum atomic E-state index is -0.989. The molecule has 1 amide bonds. The van der Waals surface area contributed by atoms with Crippen LogP contribution in [-0.2, 0) is 9.53 Å². The Balaban J connectivity index is 1.97. The molecule has 0 fully saturated rings. The van der Waals surface area contributed by atoms with E-state index in [2.05, 4.69) is 10.3 Å². The monoisotopic (exact) mass is 400 g/mol. The van der Waals surface area contributed by atoms with E-state index in [0.29, 0.717) is 15.6 Å². The summed E-state index contributed by atoms with van der Waals surface area (Å²) in [6.45, 7) is 3.25. The minimum absolute atomic E-state index is 0.206. The third-order valence-electron chi connectivity index (χ3n) is 3.40. The maximum absolute atomic E-state index is 12.2. The summed E-state index contributed by atoms with van der Waals surface area (Å²) < 4.78 is 5.14. The number of hydrogen-bond donors (Lipinski definition) is 1. The third kappa shape index (κ3) is 5.33. The highest BCUT2D eigenvalue weighted by Gasteiger charge is 2.22. The standard InChI is InChI=1S/C17H15Cl3N2O3/c1-9(13-5-4-12(18)7-14(13)19)22-16(23)10(2)25-17(24)11-3-6-15(20)21-8-11/h3-10H,1-2H3,(H,22,23)/t9-,10+/m1/s1. The first-order valence-corrected chi connectivity index (χ1v) is 8.49. The highest BCUT2D eigenvalue weighted by molar-refractivity contribution is 6.35. The van der Waals surface area contributed by atoms with Gasteiger partial charge in [0.1, 0.15) is 5.15 Å². The van der Waals surface area contributed by atoms with E-state index in [-0.39, 0.29) is 16.8 Å². The number of esters is 1. The minimum Gasteiger partial charge on any atom is -0.449 e. The van der Waals surface area contributed by atoms with Crippen LogP contribution in [0.1, 0.15) is 35.8 Å². The number of amides is 1. The lowest BCUT2D eigenvalue weighted by Gasteiger charge is -2.19. The molecule has 0 aliphatic heterocycles. The molecule has 0 unspecified atom stereocenters. The van der Waals surface area contributed by atoms with Crippen LogP contribution < -0.4 is 5.32 Å². The van der Waals surface area contributed by atoms with Crippen LogP contribution in [0.4, 0.5) is 0 Å². The fourth-order valence-corrected chi connectivity index (χ4v) is 2.72. The third-order valence-corrected chi connectivity index (χ3v) is 4.19. The summed E-state index contributed by atoms with van der Waals surface area (Å²) in [4.78, 5) is 28.0.